The summed E-state index contributed by atoms with van der Waals surface area (Å²) in [5.41, 5.74) is 0. The number of hydrogen-bond donors (Lipinski definition) is 0. The van der Waals surface area contributed by atoms with E-state index in [1.54, 1.807) is 0 Å². The van der Waals surface area contributed by atoms with Crippen molar-refractivity contribution in [1.82, 2.24) is 0 Å². The van der Waals surface area contributed by atoms with Crippen molar-refractivity contribution in [3.8, 4) is 107 Å². The Labute approximate surface area is 133 Å². The van der Waals surface area contributed by atoms with E-state index in [9.17, 15) is 0 Å². The number of nitrogens with zero attached hydrogens (tertiary/aromatic N) is 1. The topological polar surface area (TPSA) is 0 Å². The predicted octanol–water partition coefficient (Wildman–Crippen LogP) is 0.310. The molecule has 0 rings (SSSR count). The lowest BCUT2D eigenvalue weighted by Gasteiger charge is -2.11. The molecule has 0 spiro atoms. The van der Waals surface area contributed by atoms with Crippen LogP contribution in [0.3, 0.4) is 0 Å². The fraction of sp³-hybridized carbons (Fsp3) is 0.143. The molecule has 0 bridgehead atoms. The van der Waals surface area contributed by atoms with Crippen LogP contribution in [-0.2, 0) is 0 Å². The van der Waals surface area contributed by atoms with E-state index in [1.165, 1.54) is 0 Å². The predicted molar refractivity (Wildman–Crippen MR) is 89.1 cm³/mol. The first kappa shape index (κ1) is 18.0. The van der Waals surface area contributed by atoms with Gasteiger partial charge in [-0.1, -0.05) is 0 Å². The molecule has 0 radical (unpaired) electrons. The van der Waals surface area contributed by atoms with Crippen molar-refractivity contribution in [3.63, 3.8) is 0 Å². The molecule has 0 saturated carbocycles. The fourth-order valence-electron chi connectivity index (χ4n) is 0.638. The Morgan fingerprint density at radius 2 is 0.727 bits per heavy atom. The molecule has 0 aliphatic rings. The molecule has 0 fully saturated rings. The number of hydrogen-bond acceptors (Lipinski definition) is 0. The van der Waals surface area contributed by atoms with Crippen LogP contribution in [0.4, 0.5) is 0 Å². The van der Waals surface area contributed by atoms with Gasteiger partial charge in [-0.3, -0.25) is 4.48 Å². The Bertz CT molecular complexity index is 947. The van der Waals surface area contributed by atoms with Crippen LogP contribution in [0.15, 0.2) is 0 Å². The average molecular weight is 276 g/mol. The third-order valence-electron chi connectivity index (χ3n) is 1.34. The number of quaternary nitrogens is 1. The van der Waals surface area contributed by atoms with Crippen LogP contribution < -0.4 is 0 Å². The highest BCUT2D eigenvalue weighted by Crippen LogP contribution is 1.81. The van der Waals surface area contributed by atoms with Gasteiger partial charge in [-0.2, -0.15) is 0 Å². The molecule has 22 heavy (non-hydrogen) atoms. The van der Waals surface area contributed by atoms with E-state index in [0.717, 1.165) is 0 Å². The highest BCUT2D eigenvalue weighted by Gasteiger charge is 1.97. The zero-order valence-corrected chi connectivity index (χ0v) is 12.5. The lowest BCUT2D eigenvalue weighted by molar-refractivity contribution is -0.800. The second-order valence-corrected chi connectivity index (χ2v) is 4.14. The third-order valence-corrected chi connectivity index (χ3v) is 1.34. The Morgan fingerprint density at radius 3 is 1.00 bits per heavy atom. The van der Waals surface area contributed by atoms with E-state index in [1.807, 2.05) is 21.1 Å². The van der Waals surface area contributed by atoms with E-state index < -0.39 is 0 Å². The summed E-state index contributed by atoms with van der Waals surface area (Å²) in [6.45, 7) is 0. The maximum Gasteiger partial charge on any atom is 0.150 e. The van der Waals surface area contributed by atoms with Gasteiger partial charge in [0.1, 0.15) is 0 Å². The maximum atomic E-state index is 4.91. The molecule has 0 heterocycles. The Morgan fingerprint density at radius 1 is 0.455 bits per heavy atom. The summed E-state index contributed by atoms with van der Waals surface area (Å²) >= 11 is 0. The average Bonchev–Trinajstić information content (AvgIpc) is 2.45. The minimum absolute atomic E-state index is 0.527. The molecule has 1 nitrogen and oxygen atoms in total. The van der Waals surface area contributed by atoms with Gasteiger partial charge in [0.25, 0.3) is 0 Å². The van der Waals surface area contributed by atoms with Crippen molar-refractivity contribution in [3.05, 3.63) is 0 Å². The van der Waals surface area contributed by atoms with Crippen LogP contribution in [0.2, 0.25) is 0 Å². The molecule has 0 N–H and O–H groups in total. The molecular weight excluding hydrogens is 266 g/mol. The Balaban J connectivity index is 4.41. The Hall–Kier alpha value is -4.00. The molecule has 0 aromatic carbocycles. The lowest BCUT2D eigenvalue weighted by Crippen LogP contribution is -2.27. The standard InChI is InChI=1S/C21H10N/c1-5-6-7-8-9-10-11-12-13-14-15-16-17-18-19-20-21-22(2,3)4/h1H,2-4H3/q+1. The van der Waals surface area contributed by atoms with Gasteiger partial charge in [-0.15, -0.1) is 6.42 Å². The van der Waals surface area contributed by atoms with Crippen molar-refractivity contribution in [1.29, 1.82) is 0 Å². The van der Waals surface area contributed by atoms with E-state index in [-0.39, 0.29) is 0 Å². The molecule has 0 aliphatic carbocycles. The van der Waals surface area contributed by atoms with Crippen molar-refractivity contribution in [2.45, 2.75) is 0 Å². The van der Waals surface area contributed by atoms with Crippen LogP contribution in [-0.4, -0.2) is 25.6 Å². The van der Waals surface area contributed by atoms with Gasteiger partial charge < -0.3 is 0 Å². The molecule has 0 aliphatic heterocycles. The van der Waals surface area contributed by atoms with Gasteiger partial charge in [0, 0.05) is 41.4 Å². The van der Waals surface area contributed by atoms with E-state index >= 15 is 0 Å². The first-order valence-corrected chi connectivity index (χ1v) is 5.85. The molecule has 98 valence electrons. The highest BCUT2D eigenvalue weighted by molar-refractivity contribution is 5.46. The number of rotatable bonds is 0. The lowest BCUT2D eigenvalue weighted by atomic mass is 10.5. The number of terminal acetylenes is 1. The smallest absolute Gasteiger partial charge is 0.150 e. The first-order valence-electron chi connectivity index (χ1n) is 5.85. The van der Waals surface area contributed by atoms with E-state index in [2.05, 4.69) is 101 Å². The summed E-state index contributed by atoms with van der Waals surface area (Å²) in [5.74, 6) is 39.8. The second-order valence-electron chi connectivity index (χ2n) is 4.14. The van der Waals surface area contributed by atoms with Crippen molar-refractivity contribution in [2.75, 3.05) is 21.1 Å². The van der Waals surface area contributed by atoms with Crippen molar-refractivity contribution in [2.24, 2.45) is 0 Å². The van der Waals surface area contributed by atoms with Crippen LogP contribution in [0.25, 0.3) is 0 Å². The quantitative estimate of drug-likeness (QED) is 0.441. The zero-order chi connectivity index (χ0) is 16.5. The zero-order valence-electron chi connectivity index (χ0n) is 12.5. The van der Waals surface area contributed by atoms with Gasteiger partial charge in [0.2, 0.25) is 0 Å². The summed E-state index contributed by atoms with van der Waals surface area (Å²) < 4.78 is 0.527. The molecule has 0 amide bonds. The minimum atomic E-state index is 0.527. The van der Waals surface area contributed by atoms with Gasteiger partial charge >= 0.3 is 0 Å². The normalized spacial score (nSPS) is 5.73. The van der Waals surface area contributed by atoms with E-state index in [4.69, 9.17) is 6.42 Å². The maximum absolute atomic E-state index is 4.91. The first-order chi connectivity index (χ1) is 10.6. The summed E-state index contributed by atoms with van der Waals surface area (Å²) in [6.07, 6.45) is 4.91. The summed E-state index contributed by atoms with van der Waals surface area (Å²) in [7, 11) is 5.84. The van der Waals surface area contributed by atoms with Gasteiger partial charge in [-0.05, 0) is 47.4 Å². The molecule has 0 saturated heterocycles. The van der Waals surface area contributed by atoms with Crippen LogP contribution in [0, 0.1) is 107 Å². The molecule has 1 heteroatoms. The molecule has 0 atom stereocenters. The van der Waals surface area contributed by atoms with Crippen LogP contribution >= 0.6 is 0 Å². The third kappa shape index (κ3) is 16.0. The molecule has 0 aromatic heterocycles. The Kier molecular flexibility index (Phi) is 9.86. The van der Waals surface area contributed by atoms with E-state index in [0.29, 0.717) is 4.48 Å². The van der Waals surface area contributed by atoms with Crippen molar-refractivity contribution < 1.29 is 4.48 Å². The van der Waals surface area contributed by atoms with Gasteiger partial charge in [0.05, 0.1) is 27.1 Å². The summed E-state index contributed by atoms with van der Waals surface area (Å²) in [4.78, 5) is 0. The van der Waals surface area contributed by atoms with Crippen LogP contribution in [0.5, 0.6) is 0 Å². The fourth-order valence-corrected chi connectivity index (χ4v) is 0.638. The molecule has 0 unspecified atom stereocenters. The summed E-state index contributed by atoms with van der Waals surface area (Å²) in [5, 5.41) is 0. The van der Waals surface area contributed by atoms with Gasteiger partial charge in [0.15, 0.2) is 6.04 Å². The monoisotopic (exact) mass is 276 g/mol. The van der Waals surface area contributed by atoms with Gasteiger partial charge in [-0.25, -0.2) is 0 Å². The second kappa shape index (κ2) is 12.1. The van der Waals surface area contributed by atoms with Crippen molar-refractivity contribution >= 4 is 0 Å². The SMILES string of the molecule is C#CC#CC#CC#CC#CC#CC#CC#CC#C[N+](C)(C)C. The van der Waals surface area contributed by atoms with Crippen LogP contribution in [0.1, 0.15) is 0 Å². The summed E-state index contributed by atoms with van der Waals surface area (Å²) in [6, 6.07) is 2.91. The largest absolute Gasteiger partial charge is 0.253 e. The minimum Gasteiger partial charge on any atom is -0.253 e. The highest BCUT2D eigenvalue weighted by atomic mass is 15.3. The molecule has 0 aromatic rings. The molecular formula is C21H10N+.